The SMILES string of the molecule is CC(C)(C)OC(=O)N1C[C@@H]2CC1C[C@@H]2C#N. The van der Waals surface area contributed by atoms with Gasteiger partial charge in [-0.05, 0) is 39.5 Å². The monoisotopic (exact) mass is 222 g/mol. The molecule has 4 heteroatoms. The van der Waals surface area contributed by atoms with Gasteiger partial charge in [0.15, 0.2) is 0 Å². The summed E-state index contributed by atoms with van der Waals surface area (Å²) >= 11 is 0. The normalized spacial score (nSPS) is 32.6. The van der Waals surface area contributed by atoms with Crippen LogP contribution in [0.15, 0.2) is 0 Å². The van der Waals surface area contributed by atoms with E-state index in [0.29, 0.717) is 12.5 Å². The Kier molecular flexibility index (Phi) is 2.57. The molecule has 1 amide bonds. The predicted octanol–water partition coefficient (Wildman–Crippen LogP) is 2.16. The van der Waals surface area contributed by atoms with Gasteiger partial charge in [0.05, 0.1) is 12.0 Å². The van der Waals surface area contributed by atoms with Crippen LogP contribution in [-0.4, -0.2) is 29.2 Å². The van der Waals surface area contributed by atoms with Gasteiger partial charge in [0.2, 0.25) is 0 Å². The molecule has 1 saturated carbocycles. The third-order valence-electron chi connectivity index (χ3n) is 3.34. The molecule has 1 unspecified atom stereocenters. The number of nitrogens with zero attached hydrogens (tertiary/aromatic N) is 2. The molecule has 0 radical (unpaired) electrons. The van der Waals surface area contributed by atoms with Crippen molar-refractivity contribution in [3.05, 3.63) is 0 Å². The quantitative estimate of drug-likeness (QED) is 0.631. The molecule has 0 aromatic heterocycles. The molecule has 2 bridgehead atoms. The van der Waals surface area contributed by atoms with Crippen LogP contribution in [0.2, 0.25) is 0 Å². The Balaban J connectivity index is 1.96. The van der Waals surface area contributed by atoms with Gasteiger partial charge in [0, 0.05) is 12.6 Å². The lowest BCUT2D eigenvalue weighted by atomic mass is 9.96. The van der Waals surface area contributed by atoms with Gasteiger partial charge in [-0.25, -0.2) is 4.79 Å². The molecule has 1 aliphatic heterocycles. The van der Waals surface area contributed by atoms with E-state index in [-0.39, 0.29) is 18.1 Å². The molecule has 0 spiro atoms. The van der Waals surface area contributed by atoms with Gasteiger partial charge >= 0.3 is 6.09 Å². The molecule has 2 aliphatic rings. The number of carbonyl (C=O) groups is 1. The van der Waals surface area contributed by atoms with Crippen LogP contribution < -0.4 is 0 Å². The second kappa shape index (κ2) is 3.65. The number of nitriles is 1. The molecule has 0 N–H and O–H groups in total. The van der Waals surface area contributed by atoms with Crippen molar-refractivity contribution in [3.8, 4) is 6.07 Å². The number of rotatable bonds is 0. The van der Waals surface area contributed by atoms with Crippen LogP contribution in [0.25, 0.3) is 0 Å². The van der Waals surface area contributed by atoms with E-state index < -0.39 is 5.60 Å². The van der Waals surface area contributed by atoms with Crippen LogP contribution in [-0.2, 0) is 4.74 Å². The van der Waals surface area contributed by atoms with Crippen LogP contribution in [0.4, 0.5) is 4.79 Å². The van der Waals surface area contributed by atoms with Crippen molar-refractivity contribution >= 4 is 6.09 Å². The lowest BCUT2D eigenvalue weighted by Crippen LogP contribution is -2.42. The molecule has 16 heavy (non-hydrogen) atoms. The zero-order chi connectivity index (χ0) is 11.9. The molecule has 4 nitrogen and oxygen atoms in total. The van der Waals surface area contributed by atoms with Crippen molar-refractivity contribution in [1.29, 1.82) is 5.26 Å². The zero-order valence-corrected chi connectivity index (χ0v) is 10.1. The highest BCUT2D eigenvalue weighted by molar-refractivity contribution is 5.69. The Morgan fingerprint density at radius 1 is 1.44 bits per heavy atom. The molecule has 1 heterocycles. The Bertz CT molecular complexity index is 340. The fourth-order valence-electron chi connectivity index (χ4n) is 2.66. The number of fused-ring (bicyclic) bond motifs is 2. The van der Waals surface area contributed by atoms with Gasteiger partial charge in [-0.2, -0.15) is 5.26 Å². The number of hydrogen-bond acceptors (Lipinski definition) is 3. The molecular weight excluding hydrogens is 204 g/mol. The maximum atomic E-state index is 11.9. The first-order valence-corrected chi connectivity index (χ1v) is 5.80. The first kappa shape index (κ1) is 11.3. The van der Waals surface area contributed by atoms with E-state index in [4.69, 9.17) is 10.00 Å². The smallest absolute Gasteiger partial charge is 0.410 e. The molecule has 88 valence electrons. The molecule has 2 fully saturated rings. The largest absolute Gasteiger partial charge is 0.444 e. The summed E-state index contributed by atoms with van der Waals surface area (Å²) in [6.07, 6.45) is 1.56. The molecular formula is C12H18N2O2. The Labute approximate surface area is 96.2 Å². The number of piperidine rings is 1. The maximum absolute atomic E-state index is 11.9. The number of likely N-dealkylation sites (tertiary alicyclic amines) is 1. The standard InChI is InChI=1S/C12H18N2O2/c1-12(2,3)16-11(15)14-7-9-5-10(14)4-8(9)6-13/h8-10H,4-5,7H2,1-3H3/t8-,9+,10?/m1/s1. The minimum atomic E-state index is -0.437. The van der Waals surface area contributed by atoms with E-state index in [1.165, 1.54) is 0 Å². The van der Waals surface area contributed by atoms with Gasteiger partial charge in [0.1, 0.15) is 5.60 Å². The average molecular weight is 222 g/mol. The maximum Gasteiger partial charge on any atom is 0.410 e. The van der Waals surface area contributed by atoms with E-state index in [2.05, 4.69) is 6.07 Å². The fourth-order valence-corrected chi connectivity index (χ4v) is 2.66. The lowest BCUT2D eigenvalue weighted by Gasteiger charge is -2.31. The van der Waals surface area contributed by atoms with Crippen molar-refractivity contribution in [3.63, 3.8) is 0 Å². The highest BCUT2D eigenvalue weighted by atomic mass is 16.6. The highest BCUT2D eigenvalue weighted by Crippen LogP contribution is 2.42. The summed E-state index contributed by atoms with van der Waals surface area (Å²) in [5, 5.41) is 8.91. The van der Waals surface area contributed by atoms with Crippen LogP contribution >= 0.6 is 0 Å². The van der Waals surface area contributed by atoms with Crippen LogP contribution in [0, 0.1) is 23.2 Å². The van der Waals surface area contributed by atoms with Gasteiger partial charge in [-0.3, -0.25) is 0 Å². The second-order valence-electron chi connectivity index (χ2n) is 5.75. The average Bonchev–Trinajstić information content (AvgIpc) is 2.72. The first-order valence-electron chi connectivity index (χ1n) is 5.80. The third-order valence-corrected chi connectivity index (χ3v) is 3.34. The number of ether oxygens (including phenoxy) is 1. The van der Waals surface area contributed by atoms with Gasteiger partial charge in [-0.15, -0.1) is 0 Å². The van der Waals surface area contributed by atoms with Gasteiger partial charge < -0.3 is 9.64 Å². The summed E-state index contributed by atoms with van der Waals surface area (Å²) in [4.78, 5) is 13.7. The molecule has 1 saturated heterocycles. The van der Waals surface area contributed by atoms with Crippen LogP contribution in [0.3, 0.4) is 0 Å². The summed E-state index contributed by atoms with van der Waals surface area (Å²) < 4.78 is 5.35. The Morgan fingerprint density at radius 3 is 2.56 bits per heavy atom. The van der Waals surface area contributed by atoms with E-state index in [0.717, 1.165) is 12.8 Å². The summed E-state index contributed by atoms with van der Waals surface area (Å²) in [6, 6.07) is 2.55. The van der Waals surface area contributed by atoms with Crippen LogP contribution in [0.5, 0.6) is 0 Å². The summed E-state index contributed by atoms with van der Waals surface area (Å²) in [6.45, 7) is 6.31. The van der Waals surface area contributed by atoms with Crippen LogP contribution in [0.1, 0.15) is 33.6 Å². The van der Waals surface area contributed by atoms with E-state index in [1.54, 1.807) is 4.90 Å². The van der Waals surface area contributed by atoms with E-state index in [9.17, 15) is 4.79 Å². The summed E-state index contributed by atoms with van der Waals surface area (Å²) in [5.41, 5.74) is -0.437. The Morgan fingerprint density at radius 2 is 2.12 bits per heavy atom. The third kappa shape index (κ3) is 1.99. The number of hydrogen-bond donors (Lipinski definition) is 0. The lowest BCUT2D eigenvalue weighted by molar-refractivity contribution is 0.0175. The van der Waals surface area contributed by atoms with Crippen molar-refractivity contribution in [2.45, 2.75) is 45.3 Å². The van der Waals surface area contributed by atoms with E-state index >= 15 is 0 Å². The first-order chi connectivity index (χ1) is 7.40. The molecule has 0 aromatic carbocycles. The van der Waals surface area contributed by atoms with Crippen molar-refractivity contribution in [2.24, 2.45) is 11.8 Å². The predicted molar refractivity (Wildman–Crippen MR) is 58.6 cm³/mol. The summed E-state index contributed by atoms with van der Waals surface area (Å²) in [5.74, 6) is 0.506. The minimum absolute atomic E-state index is 0.142. The zero-order valence-electron chi connectivity index (χ0n) is 10.1. The minimum Gasteiger partial charge on any atom is -0.444 e. The molecule has 2 rings (SSSR count). The van der Waals surface area contributed by atoms with E-state index in [1.807, 2.05) is 20.8 Å². The summed E-state index contributed by atoms with van der Waals surface area (Å²) in [7, 11) is 0. The molecule has 0 aromatic rings. The van der Waals surface area contributed by atoms with Crippen molar-refractivity contribution < 1.29 is 9.53 Å². The molecule has 1 aliphatic carbocycles. The van der Waals surface area contributed by atoms with Gasteiger partial charge in [0.25, 0.3) is 0 Å². The number of carbonyl (C=O) groups excluding carboxylic acids is 1. The van der Waals surface area contributed by atoms with Crippen molar-refractivity contribution in [2.75, 3.05) is 6.54 Å². The van der Waals surface area contributed by atoms with Crippen molar-refractivity contribution in [1.82, 2.24) is 4.90 Å². The Hall–Kier alpha value is -1.24. The van der Waals surface area contributed by atoms with Gasteiger partial charge in [-0.1, -0.05) is 0 Å². The molecule has 3 atom stereocenters. The fraction of sp³-hybridized carbons (Fsp3) is 0.833. The topological polar surface area (TPSA) is 53.3 Å². The second-order valence-corrected chi connectivity index (χ2v) is 5.75. The number of amides is 1. The highest BCUT2D eigenvalue weighted by Gasteiger charge is 2.47.